The molecule has 2 heterocycles. The van der Waals surface area contributed by atoms with Crippen LogP contribution in [-0.2, 0) is 17.5 Å². The van der Waals surface area contributed by atoms with Crippen LogP contribution in [0.25, 0.3) is 5.82 Å². The molecule has 33 heavy (non-hydrogen) atoms. The highest BCUT2D eigenvalue weighted by atomic mass is 19.4. The summed E-state index contributed by atoms with van der Waals surface area (Å²) in [6.07, 6.45) is -4.06. The number of nitrogens with zero attached hydrogens (tertiary/aromatic N) is 4. The van der Waals surface area contributed by atoms with E-state index in [4.69, 9.17) is 4.74 Å². The topological polar surface area (TPSA) is 111 Å². The van der Waals surface area contributed by atoms with Crippen LogP contribution in [0.2, 0.25) is 0 Å². The fraction of sp³-hybridized carbons (Fsp3) is 0.286. The quantitative estimate of drug-likeness (QED) is 0.558. The van der Waals surface area contributed by atoms with E-state index in [1.54, 1.807) is 38.1 Å². The van der Waals surface area contributed by atoms with E-state index in [0.717, 1.165) is 6.20 Å². The second kappa shape index (κ2) is 9.67. The van der Waals surface area contributed by atoms with Crippen molar-refractivity contribution in [2.45, 2.75) is 26.6 Å². The molecule has 0 atom stereocenters. The van der Waals surface area contributed by atoms with Crippen molar-refractivity contribution in [2.24, 2.45) is 5.92 Å². The smallest absolute Gasteiger partial charge is 0.434 e. The molecule has 2 amide bonds. The number of aromatic nitrogens is 4. The third kappa shape index (κ3) is 5.64. The van der Waals surface area contributed by atoms with Crippen LogP contribution in [0.3, 0.4) is 0 Å². The first-order chi connectivity index (χ1) is 15.6. The summed E-state index contributed by atoms with van der Waals surface area (Å²) in [4.78, 5) is 24.4. The van der Waals surface area contributed by atoms with Crippen LogP contribution in [0.1, 0.15) is 35.5 Å². The minimum Gasteiger partial charge on any atom is -0.480 e. The third-order valence-electron chi connectivity index (χ3n) is 4.51. The highest BCUT2D eigenvalue weighted by molar-refractivity contribution is 5.95. The van der Waals surface area contributed by atoms with Crippen LogP contribution >= 0.6 is 0 Å². The standard InChI is InChI=1S/C21H21F3N6O3/c1-12(2)19(31)27-14-6-4-5-13(9-14)10-25-20(32)15-11-26-30(18(15)21(22,23)24)16-7-8-17(33-3)29-28-16/h4-9,11-12H,10H2,1-3H3,(H,25,32)(H,27,31). The van der Waals surface area contributed by atoms with E-state index in [0.29, 0.717) is 15.9 Å². The van der Waals surface area contributed by atoms with Crippen LogP contribution in [0.15, 0.2) is 42.6 Å². The summed E-state index contributed by atoms with van der Waals surface area (Å²) >= 11 is 0. The van der Waals surface area contributed by atoms with Crippen LogP contribution in [0.5, 0.6) is 5.88 Å². The number of carbonyl (C=O) groups is 2. The zero-order chi connectivity index (χ0) is 24.2. The van der Waals surface area contributed by atoms with Gasteiger partial charge in [-0.05, 0) is 23.8 Å². The molecule has 1 aromatic carbocycles. The molecule has 0 radical (unpaired) electrons. The molecule has 0 saturated carbocycles. The van der Waals surface area contributed by atoms with Crippen molar-refractivity contribution in [1.82, 2.24) is 25.3 Å². The molecule has 0 spiro atoms. The van der Waals surface area contributed by atoms with E-state index in [9.17, 15) is 22.8 Å². The second-order valence-corrected chi connectivity index (χ2v) is 7.28. The molecule has 0 aliphatic carbocycles. The van der Waals surface area contributed by atoms with Gasteiger partial charge in [-0.2, -0.15) is 18.3 Å². The molecule has 0 aliphatic heterocycles. The Hall–Kier alpha value is -3.96. The Labute approximate surface area is 187 Å². The second-order valence-electron chi connectivity index (χ2n) is 7.28. The highest BCUT2D eigenvalue weighted by Gasteiger charge is 2.41. The minimum atomic E-state index is -4.88. The maximum Gasteiger partial charge on any atom is 0.434 e. The first kappa shape index (κ1) is 23.7. The lowest BCUT2D eigenvalue weighted by Gasteiger charge is -2.13. The summed E-state index contributed by atoms with van der Waals surface area (Å²) in [5.74, 6) is -1.48. The van der Waals surface area contributed by atoms with Crippen molar-refractivity contribution in [3.63, 3.8) is 0 Å². The maximum atomic E-state index is 13.8. The predicted molar refractivity (Wildman–Crippen MR) is 112 cm³/mol. The predicted octanol–water partition coefficient (Wildman–Crippen LogP) is 3.21. The van der Waals surface area contributed by atoms with Crippen molar-refractivity contribution in [1.29, 1.82) is 0 Å². The molecule has 12 heteroatoms. The Kier molecular flexibility index (Phi) is 6.95. The molecule has 3 rings (SSSR count). The van der Waals surface area contributed by atoms with Gasteiger partial charge in [0.25, 0.3) is 5.91 Å². The number of methoxy groups -OCH3 is 1. The SMILES string of the molecule is COc1ccc(-n2ncc(C(=O)NCc3cccc(NC(=O)C(C)C)c3)c2C(F)(F)F)nn1. The number of amides is 2. The van der Waals surface area contributed by atoms with Crippen LogP contribution in [0, 0.1) is 5.92 Å². The normalized spacial score (nSPS) is 11.4. The van der Waals surface area contributed by atoms with E-state index < -0.39 is 23.3 Å². The van der Waals surface area contributed by atoms with Gasteiger partial charge < -0.3 is 15.4 Å². The summed E-state index contributed by atoms with van der Waals surface area (Å²) in [5, 5.41) is 16.2. The number of alkyl halides is 3. The number of rotatable bonds is 7. The van der Waals surface area contributed by atoms with Gasteiger partial charge in [-0.1, -0.05) is 26.0 Å². The number of hydrogen-bond acceptors (Lipinski definition) is 6. The van der Waals surface area contributed by atoms with Crippen LogP contribution < -0.4 is 15.4 Å². The highest BCUT2D eigenvalue weighted by Crippen LogP contribution is 2.33. The van der Waals surface area contributed by atoms with Crippen molar-refractivity contribution >= 4 is 17.5 Å². The van der Waals surface area contributed by atoms with Gasteiger partial charge in [-0.3, -0.25) is 9.59 Å². The summed E-state index contributed by atoms with van der Waals surface area (Å²) in [7, 11) is 1.34. The van der Waals surface area contributed by atoms with Gasteiger partial charge in [-0.25, -0.2) is 4.68 Å². The molecule has 0 aliphatic rings. The van der Waals surface area contributed by atoms with E-state index in [1.807, 2.05) is 0 Å². The molecule has 0 fully saturated rings. The van der Waals surface area contributed by atoms with Gasteiger partial charge in [0, 0.05) is 24.2 Å². The van der Waals surface area contributed by atoms with Gasteiger partial charge in [0.05, 0.1) is 18.9 Å². The Morgan fingerprint density at radius 2 is 1.91 bits per heavy atom. The van der Waals surface area contributed by atoms with Gasteiger partial charge >= 0.3 is 6.18 Å². The number of halogens is 3. The molecule has 9 nitrogen and oxygen atoms in total. The van der Waals surface area contributed by atoms with Crippen molar-refractivity contribution in [2.75, 3.05) is 12.4 Å². The first-order valence-corrected chi connectivity index (χ1v) is 9.81. The van der Waals surface area contributed by atoms with Crippen molar-refractivity contribution < 1.29 is 27.5 Å². The Morgan fingerprint density at radius 3 is 2.52 bits per heavy atom. The van der Waals surface area contributed by atoms with Crippen LogP contribution in [0.4, 0.5) is 18.9 Å². The number of ether oxygens (including phenoxy) is 1. The Balaban J connectivity index is 1.80. The average Bonchev–Trinajstić information content (AvgIpc) is 3.24. The minimum absolute atomic E-state index is 0.0605. The van der Waals surface area contributed by atoms with Gasteiger partial charge in [0.1, 0.15) is 0 Å². The van der Waals surface area contributed by atoms with Gasteiger partial charge in [-0.15, -0.1) is 10.2 Å². The summed E-state index contributed by atoms with van der Waals surface area (Å²) in [5.41, 5.74) is -0.837. The zero-order valence-corrected chi connectivity index (χ0v) is 18.0. The van der Waals surface area contributed by atoms with Crippen molar-refractivity contribution in [3.8, 4) is 11.7 Å². The lowest BCUT2D eigenvalue weighted by molar-refractivity contribution is -0.143. The van der Waals surface area contributed by atoms with E-state index in [2.05, 4.69) is 25.9 Å². The Morgan fingerprint density at radius 1 is 1.15 bits per heavy atom. The summed E-state index contributed by atoms with van der Waals surface area (Å²) in [6.45, 7) is 3.43. The lowest BCUT2D eigenvalue weighted by atomic mass is 10.1. The first-order valence-electron chi connectivity index (χ1n) is 9.81. The largest absolute Gasteiger partial charge is 0.480 e. The molecular formula is C21H21F3N6O3. The number of anilines is 1. The monoisotopic (exact) mass is 462 g/mol. The molecular weight excluding hydrogens is 441 g/mol. The molecule has 2 N–H and O–H groups in total. The van der Waals surface area contributed by atoms with E-state index in [1.165, 1.54) is 19.2 Å². The third-order valence-corrected chi connectivity index (χ3v) is 4.51. The molecule has 0 saturated heterocycles. The summed E-state index contributed by atoms with van der Waals surface area (Å²) < 4.78 is 46.7. The molecule has 3 aromatic rings. The average molecular weight is 462 g/mol. The molecule has 2 aromatic heterocycles. The Bertz CT molecular complexity index is 1140. The lowest BCUT2D eigenvalue weighted by Crippen LogP contribution is -2.26. The van der Waals surface area contributed by atoms with E-state index in [-0.39, 0.29) is 30.1 Å². The fourth-order valence-electron chi connectivity index (χ4n) is 2.82. The number of benzene rings is 1. The number of hydrogen-bond donors (Lipinski definition) is 2. The molecule has 0 unspecified atom stereocenters. The summed E-state index contributed by atoms with van der Waals surface area (Å²) in [6, 6.07) is 9.21. The number of carbonyl (C=O) groups excluding carboxylic acids is 2. The molecule has 174 valence electrons. The zero-order valence-electron chi connectivity index (χ0n) is 18.0. The molecule has 0 bridgehead atoms. The van der Waals surface area contributed by atoms with E-state index >= 15 is 0 Å². The fourth-order valence-corrected chi connectivity index (χ4v) is 2.82. The maximum absolute atomic E-state index is 13.8. The van der Waals surface area contributed by atoms with Gasteiger partial charge in [0.15, 0.2) is 11.5 Å². The van der Waals surface area contributed by atoms with Crippen molar-refractivity contribution in [3.05, 3.63) is 59.4 Å². The van der Waals surface area contributed by atoms with Gasteiger partial charge in [0.2, 0.25) is 11.8 Å². The van der Waals surface area contributed by atoms with Crippen LogP contribution in [-0.4, -0.2) is 38.9 Å². The number of nitrogens with one attached hydrogen (secondary N) is 2.